The van der Waals surface area contributed by atoms with E-state index in [-0.39, 0.29) is 33.0 Å². The van der Waals surface area contributed by atoms with Gasteiger partial charge in [0.25, 0.3) is 20.2 Å². The van der Waals surface area contributed by atoms with Crippen LogP contribution in [0.15, 0.2) is 68.6 Å². The zero-order valence-corrected chi connectivity index (χ0v) is 22.4. The van der Waals surface area contributed by atoms with Crippen LogP contribution in [0.3, 0.4) is 0 Å². The number of nitrogens with zero attached hydrogens (tertiary/aromatic N) is 5. The predicted octanol–water partition coefficient (Wildman–Crippen LogP) is 4.14. The van der Waals surface area contributed by atoms with Crippen molar-refractivity contribution in [3.05, 3.63) is 59.1 Å². The molecule has 0 saturated heterocycles. The van der Waals surface area contributed by atoms with Crippen LogP contribution < -0.4 is 5.32 Å². The van der Waals surface area contributed by atoms with E-state index in [0.717, 1.165) is 18.2 Å². The van der Waals surface area contributed by atoms with Gasteiger partial charge in [0.2, 0.25) is 16.5 Å². The molecular formula is C21H16Cl2N6O8S2. The van der Waals surface area contributed by atoms with Crippen molar-refractivity contribution in [1.29, 1.82) is 0 Å². The summed E-state index contributed by atoms with van der Waals surface area (Å²) in [5.74, 6) is -1.04. The maximum atomic E-state index is 12.9. The van der Waals surface area contributed by atoms with E-state index < -0.39 is 54.7 Å². The van der Waals surface area contributed by atoms with E-state index in [4.69, 9.17) is 32.5 Å². The zero-order valence-electron chi connectivity index (χ0n) is 19.2. The number of fused-ring (bicyclic) bond motifs is 1. The molecule has 0 bridgehead atoms. The van der Waals surface area contributed by atoms with Crippen molar-refractivity contribution in [3.63, 3.8) is 0 Å². The number of phenolic OH excluding ortho intramolecular Hbond substituents is 1. The first-order chi connectivity index (χ1) is 18.4. The second-order valence-electron chi connectivity index (χ2n) is 7.47. The quantitative estimate of drug-likeness (QED) is 0.119. The van der Waals surface area contributed by atoms with Gasteiger partial charge in [-0.1, -0.05) is 18.2 Å². The van der Waals surface area contributed by atoms with Gasteiger partial charge in [0, 0.05) is 5.39 Å². The Bertz CT molecular complexity index is 1790. The van der Waals surface area contributed by atoms with Gasteiger partial charge < -0.3 is 15.5 Å². The molecule has 0 radical (unpaired) electrons. The summed E-state index contributed by atoms with van der Waals surface area (Å²) in [4.78, 5) is 9.79. The molecule has 0 spiro atoms. The highest BCUT2D eigenvalue weighted by atomic mass is 35.5. The van der Waals surface area contributed by atoms with E-state index in [1.165, 1.54) is 0 Å². The molecule has 0 aliphatic heterocycles. The zero-order chi connectivity index (χ0) is 28.4. The Morgan fingerprint density at radius 2 is 1.56 bits per heavy atom. The number of aliphatic hydroxyl groups excluding tert-OH is 1. The monoisotopic (exact) mass is 614 g/mol. The summed E-state index contributed by atoms with van der Waals surface area (Å²) in [7, 11) is -9.58. The molecule has 0 atom stereocenters. The minimum Gasteiger partial charge on any atom is -0.505 e. The topological polar surface area (TPSA) is 214 Å². The first-order valence-corrected chi connectivity index (χ1v) is 14.1. The van der Waals surface area contributed by atoms with Gasteiger partial charge in [0.15, 0.2) is 5.75 Å². The molecule has 0 aliphatic carbocycles. The van der Waals surface area contributed by atoms with Crippen LogP contribution in [-0.2, 0) is 24.4 Å². The van der Waals surface area contributed by atoms with Crippen molar-refractivity contribution in [2.45, 2.75) is 9.79 Å². The molecular weight excluding hydrogens is 599 g/mol. The largest absolute Gasteiger partial charge is 0.505 e. The van der Waals surface area contributed by atoms with Gasteiger partial charge in [-0.05, 0) is 58.9 Å². The van der Waals surface area contributed by atoms with Gasteiger partial charge in [0.05, 0.1) is 24.6 Å². The van der Waals surface area contributed by atoms with Crippen LogP contribution in [0.5, 0.6) is 5.75 Å². The second-order valence-corrected chi connectivity index (χ2v) is 11.1. The number of anilines is 2. The highest BCUT2D eigenvalue weighted by Gasteiger charge is 2.27. The van der Waals surface area contributed by atoms with E-state index in [9.17, 15) is 26.5 Å². The number of aromatic hydroxyl groups is 1. The summed E-state index contributed by atoms with van der Waals surface area (Å²) in [6.07, 6.45) is 0. The number of aromatic nitrogens is 3. The van der Waals surface area contributed by atoms with Crippen LogP contribution in [0.4, 0.5) is 23.0 Å². The van der Waals surface area contributed by atoms with Crippen molar-refractivity contribution < 1.29 is 35.8 Å². The first kappa shape index (κ1) is 28.5. The maximum absolute atomic E-state index is 12.9. The van der Waals surface area contributed by atoms with E-state index in [2.05, 4.69) is 30.5 Å². The summed E-state index contributed by atoms with van der Waals surface area (Å²) < 4.78 is 64.8. The number of rotatable bonds is 9. The molecule has 204 valence electrons. The van der Waals surface area contributed by atoms with Gasteiger partial charge in [0.1, 0.15) is 15.5 Å². The fourth-order valence-corrected chi connectivity index (χ4v) is 5.38. The molecule has 4 N–H and O–H groups in total. The van der Waals surface area contributed by atoms with Gasteiger partial charge in [-0.3, -0.25) is 8.74 Å². The van der Waals surface area contributed by atoms with E-state index in [0.29, 0.717) is 5.69 Å². The molecule has 1 heterocycles. The summed E-state index contributed by atoms with van der Waals surface area (Å²) in [5.41, 5.74) is -0.565. The standard InChI is InChI=1S/C21H16Cl2N6O8S2/c22-19-25-20(23)27-21(26-19)24-14-10-13-11(8-15(14)39(35,36)37-7-6-30)9-16(38(32,33)34)17(18(13)31)29-28-12-4-2-1-3-5-12/h1-5,8-10,30-31H,6-7H2,(H,32,33,34)(H,24,25,26,27). The van der Waals surface area contributed by atoms with Crippen molar-refractivity contribution in [2.24, 2.45) is 10.2 Å². The van der Waals surface area contributed by atoms with Gasteiger partial charge in [-0.2, -0.15) is 36.9 Å². The van der Waals surface area contributed by atoms with Crippen LogP contribution in [0.25, 0.3) is 10.8 Å². The predicted molar refractivity (Wildman–Crippen MR) is 139 cm³/mol. The smallest absolute Gasteiger partial charge is 0.299 e. The van der Waals surface area contributed by atoms with Crippen LogP contribution >= 0.6 is 23.2 Å². The van der Waals surface area contributed by atoms with Crippen LogP contribution in [0.2, 0.25) is 10.6 Å². The third-order valence-corrected chi connectivity index (χ3v) is 7.44. The van der Waals surface area contributed by atoms with Crippen LogP contribution in [0.1, 0.15) is 0 Å². The second kappa shape index (κ2) is 11.3. The Morgan fingerprint density at radius 3 is 2.18 bits per heavy atom. The van der Waals surface area contributed by atoms with Crippen LogP contribution in [-0.4, -0.2) is 59.8 Å². The lowest BCUT2D eigenvalue weighted by Crippen LogP contribution is -2.12. The average molecular weight is 615 g/mol. The number of azo groups is 1. The molecule has 0 aliphatic rings. The third-order valence-electron chi connectivity index (χ3n) is 4.88. The van der Waals surface area contributed by atoms with Gasteiger partial charge >= 0.3 is 0 Å². The van der Waals surface area contributed by atoms with E-state index in [1.807, 2.05) is 0 Å². The number of halogens is 2. The molecule has 4 rings (SSSR count). The molecule has 3 aromatic carbocycles. The Kier molecular flexibility index (Phi) is 8.26. The third kappa shape index (κ3) is 6.56. The number of aliphatic hydroxyl groups is 1. The van der Waals surface area contributed by atoms with Crippen molar-refractivity contribution in [3.8, 4) is 5.75 Å². The molecule has 1 aromatic heterocycles. The lowest BCUT2D eigenvalue weighted by atomic mass is 10.1. The van der Waals surface area contributed by atoms with Gasteiger partial charge in [-0.15, -0.1) is 5.11 Å². The van der Waals surface area contributed by atoms with E-state index >= 15 is 0 Å². The minimum absolute atomic E-state index is 0.112. The fraction of sp³-hybridized carbons (Fsp3) is 0.0952. The first-order valence-electron chi connectivity index (χ1n) is 10.5. The molecule has 4 aromatic rings. The van der Waals surface area contributed by atoms with Crippen molar-refractivity contribution >= 4 is 77.2 Å². The molecule has 14 nitrogen and oxygen atoms in total. The molecule has 0 unspecified atom stereocenters. The van der Waals surface area contributed by atoms with Crippen molar-refractivity contribution in [2.75, 3.05) is 18.5 Å². The summed E-state index contributed by atoms with van der Waals surface area (Å²) >= 11 is 11.6. The number of hydrogen-bond donors (Lipinski definition) is 4. The Morgan fingerprint density at radius 1 is 0.923 bits per heavy atom. The summed E-state index contributed by atoms with van der Waals surface area (Å²) in [5, 5.41) is 29.5. The van der Waals surface area contributed by atoms with Crippen molar-refractivity contribution in [1.82, 2.24) is 15.0 Å². The fourth-order valence-electron chi connectivity index (χ4n) is 3.29. The van der Waals surface area contributed by atoms with Crippen LogP contribution in [0, 0.1) is 0 Å². The van der Waals surface area contributed by atoms with Gasteiger partial charge in [-0.25, -0.2) is 0 Å². The Hall–Kier alpha value is -3.51. The SMILES string of the molecule is O=S(=O)(O)c1cc2cc(S(=O)(=O)OCCO)c(Nc3nc(Cl)nc(Cl)n3)cc2c(O)c1N=Nc1ccccc1. The average Bonchev–Trinajstić information content (AvgIpc) is 2.86. The maximum Gasteiger partial charge on any atom is 0.299 e. The molecule has 0 fully saturated rings. The molecule has 39 heavy (non-hydrogen) atoms. The number of phenols is 1. The van der Waals surface area contributed by atoms with E-state index in [1.54, 1.807) is 30.3 Å². The summed E-state index contributed by atoms with van der Waals surface area (Å²) in [6, 6.07) is 11.1. The number of benzene rings is 3. The molecule has 0 saturated carbocycles. The highest BCUT2D eigenvalue weighted by molar-refractivity contribution is 7.87. The molecule has 18 heteroatoms. The normalized spacial score (nSPS) is 12.3. The highest BCUT2D eigenvalue weighted by Crippen LogP contribution is 2.44. The molecule has 0 amide bonds. The Labute approximate surface area is 230 Å². The number of nitrogens with one attached hydrogen (secondary N) is 1. The number of hydrogen-bond acceptors (Lipinski definition) is 13. The lowest BCUT2D eigenvalue weighted by Gasteiger charge is -2.15. The summed E-state index contributed by atoms with van der Waals surface area (Å²) in [6.45, 7) is -1.22. The Balaban J connectivity index is 1.99. The minimum atomic E-state index is -4.98. The lowest BCUT2D eigenvalue weighted by molar-refractivity contribution is 0.205.